The van der Waals surface area contributed by atoms with Crippen molar-refractivity contribution in [2.24, 2.45) is 5.92 Å². The number of nitrogens with one attached hydrogen (secondary N) is 3. The van der Waals surface area contributed by atoms with Gasteiger partial charge in [-0.3, -0.25) is 4.79 Å². The van der Waals surface area contributed by atoms with Crippen molar-refractivity contribution in [3.05, 3.63) is 69.9 Å². The number of alkyl carbamates (subject to hydrolysis) is 1. The van der Waals surface area contributed by atoms with E-state index in [4.69, 9.17) is 21.1 Å². The molecule has 4 rings (SSSR count). The Balaban J connectivity index is 1.60. The van der Waals surface area contributed by atoms with Gasteiger partial charge in [-0.2, -0.15) is 0 Å². The van der Waals surface area contributed by atoms with Crippen molar-refractivity contribution in [2.75, 3.05) is 40.5 Å². The van der Waals surface area contributed by atoms with Crippen LogP contribution >= 0.6 is 11.6 Å². The lowest BCUT2D eigenvalue weighted by Gasteiger charge is -2.27. The third-order valence-corrected chi connectivity index (χ3v) is 7.75. The van der Waals surface area contributed by atoms with Gasteiger partial charge in [-0.25, -0.2) is 4.79 Å². The number of amides is 2. The molecule has 0 radical (unpaired) electrons. The van der Waals surface area contributed by atoms with Gasteiger partial charge in [0, 0.05) is 40.7 Å². The largest absolute Gasteiger partial charge is 0.499 e. The molecule has 0 saturated heterocycles. The lowest BCUT2D eigenvalue weighted by Crippen LogP contribution is -2.42. The van der Waals surface area contributed by atoms with E-state index in [0.29, 0.717) is 28.9 Å². The summed E-state index contributed by atoms with van der Waals surface area (Å²) in [6, 6.07) is 11.3. The predicted molar refractivity (Wildman–Crippen MR) is 157 cm³/mol. The molecule has 0 unspecified atom stereocenters. The highest BCUT2D eigenvalue weighted by atomic mass is 35.5. The van der Waals surface area contributed by atoms with Gasteiger partial charge in [-0.05, 0) is 54.8 Å². The molecule has 1 heterocycles. The number of ether oxygens (including phenoxy) is 3. The van der Waals surface area contributed by atoms with Crippen LogP contribution in [0.4, 0.5) is 4.79 Å². The number of halogens is 1. The van der Waals surface area contributed by atoms with Gasteiger partial charge in [-0.15, -0.1) is 0 Å². The Morgan fingerprint density at radius 3 is 2.73 bits per heavy atom. The first-order valence-electron chi connectivity index (χ1n) is 14.1. The number of fused-ring (bicyclic) bond motifs is 1. The van der Waals surface area contributed by atoms with Crippen LogP contribution in [0.1, 0.15) is 65.6 Å². The molecule has 8 nitrogen and oxygen atoms in total. The molecule has 2 aromatic rings. The average Bonchev–Trinajstić information content (AvgIpc) is 3.44. The van der Waals surface area contributed by atoms with Gasteiger partial charge in [-0.1, -0.05) is 55.8 Å². The third-order valence-electron chi connectivity index (χ3n) is 7.51. The van der Waals surface area contributed by atoms with Crippen molar-refractivity contribution in [3.63, 3.8) is 0 Å². The molecule has 0 aromatic heterocycles. The number of methoxy groups -OCH3 is 1. The fourth-order valence-corrected chi connectivity index (χ4v) is 5.76. The van der Waals surface area contributed by atoms with Crippen LogP contribution in [-0.4, -0.2) is 58.5 Å². The first-order chi connectivity index (χ1) is 19.5. The minimum atomic E-state index is -0.517. The Morgan fingerprint density at radius 1 is 1.15 bits per heavy atom. The maximum absolute atomic E-state index is 13.6. The topological polar surface area (TPSA) is 97.9 Å². The van der Waals surface area contributed by atoms with Gasteiger partial charge in [0.05, 0.1) is 26.5 Å². The second-order valence-corrected chi connectivity index (χ2v) is 10.8. The molecule has 2 aliphatic rings. The molecule has 1 saturated carbocycles. The minimum Gasteiger partial charge on any atom is -0.499 e. The molecule has 9 heteroatoms. The van der Waals surface area contributed by atoms with E-state index in [1.165, 1.54) is 39.2 Å². The molecule has 1 aliphatic carbocycles. The van der Waals surface area contributed by atoms with E-state index in [-0.39, 0.29) is 25.1 Å². The third kappa shape index (κ3) is 8.15. The fraction of sp³-hybridized carbons (Fsp3) is 0.484. The maximum atomic E-state index is 13.6. The smallest absolute Gasteiger partial charge is 0.406 e. The van der Waals surface area contributed by atoms with E-state index in [9.17, 15) is 9.59 Å². The molecule has 40 heavy (non-hydrogen) atoms. The summed E-state index contributed by atoms with van der Waals surface area (Å²) in [6.07, 6.45) is 9.16. The summed E-state index contributed by atoms with van der Waals surface area (Å²) < 4.78 is 16.4. The first kappa shape index (κ1) is 29.7. The Bertz CT molecular complexity index is 1200. The molecular weight excluding hydrogens is 530 g/mol. The highest BCUT2D eigenvalue weighted by molar-refractivity contribution is 6.30. The number of carbonyl (C=O) groups excluding carboxylic acids is 2. The molecule has 1 aliphatic heterocycles. The van der Waals surface area contributed by atoms with Gasteiger partial charge < -0.3 is 30.2 Å². The number of likely N-dealkylation sites (N-methyl/N-ethyl adjacent to an activating group) is 1. The van der Waals surface area contributed by atoms with Crippen LogP contribution < -0.4 is 20.7 Å². The van der Waals surface area contributed by atoms with Crippen LogP contribution in [0.15, 0.2) is 42.7 Å². The van der Waals surface area contributed by atoms with Crippen molar-refractivity contribution in [3.8, 4) is 5.75 Å². The molecule has 216 valence electrons. The van der Waals surface area contributed by atoms with Gasteiger partial charge in [0.2, 0.25) is 0 Å². The fourth-order valence-electron chi connectivity index (χ4n) is 5.57. The second kappa shape index (κ2) is 15.0. The van der Waals surface area contributed by atoms with Crippen molar-refractivity contribution in [1.29, 1.82) is 0 Å². The first-order valence-corrected chi connectivity index (χ1v) is 14.5. The van der Waals surface area contributed by atoms with E-state index < -0.39 is 6.09 Å². The van der Waals surface area contributed by atoms with Crippen molar-refractivity contribution >= 4 is 29.2 Å². The van der Waals surface area contributed by atoms with E-state index >= 15 is 0 Å². The average molecular weight is 570 g/mol. The molecule has 1 atom stereocenters. The van der Waals surface area contributed by atoms with Crippen molar-refractivity contribution in [2.45, 2.75) is 51.0 Å². The number of hydrogen-bond donors (Lipinski definition) is 3. The summed E-state index contributed by atoms with van der Waals surface area (Å²) in [5.41, 5.74) is 4.06. The minimum absolute atomic E-state index is 0.0480. The maximum Gasteiger partial charge on any atom is 0.406 e. The Kier molecular flexibility index (Phi) is 11.1. The number of carbonyl (C=O) groups is 2. The van der Waals surface area contributed by atoms with Gasteiger partial charge >= 0.3 is 6.09 Å². The van der Waals surface area contributed by atoms with Gasteiger partial charge in [0.1, 0.15) is 12.4 Å². The summed E-state index contributed by atoms with van der Waals surface area (Å²) in [5.74, 6) is 1.24. The highest BCUT2D eigenvalue weighted by Gasteiger charge is 2.25. The zero-order valence-electron chi connectivity index (χ0n) is 23.4. The van der Waals surface area contributed by atoms with Crippen molar-refractivity contribution in [1.82, 2.24) is 16.0 Å². The number of benzene rings is 2. The zero-order valence-corrected chi connectivity index (χ0v) is 24.1. The molecule has 0 spiro atoms. The van der Waals surface area contributed by atoms with Crippen LogP contribution in [0.2, 0.25) is 5.02 Å². The Morgan fingerprint density at radius 2 is 1.98 bits per heavy atom. The zero-order chi connectivity index (χ0) is 28.3. The van der Waals surface area contributed by atoms with Crippen LogP contribution in [0.25, 0.3) is 5.57 Å². The monoisotopic (exact) mass is 569 g/mol. The highest BCUT2D eigenvalue weighted by Crippen LogP contribution is 2.37. The summed E-state index contributed by atoms with van der Waals surface area (Å²) in [4.78, 5) is 25.0. The molecule has 2 amide bonds. The Hall–Kier alpha value is -3.23. The summed E-state index contributed by atoms with van der Waals surface area (Å²) in [5, 5.41) is 9.72. The number of hydrogen-bond acceptors (Lipinski definition) is 6. The molecule has 0 bridgehead atoms. The summed E-state index contributed by atoms with van der Waals surface area (Å²) in [7, 11) is 3.24. The van der Waals surface area contributed by atoms with Gasteiger partial charge in [0.25, 0.3) is 5.91 Å². The normalized spacial score (nSPS) is 16.0. The van der Waals surface area contributed by atoms with Crippen LogP contribution in [0, 0.1) is 5.92 Å². The lowest BCUT2D eigenvalue weighted by molar-refractivity contribution is 0.0928. The molecule has 3 N–H and O–H groups in total. The van der Waals surface area contributed by atoms with Gasteiger partial charge in [0.15, 0.2) is 0 Å². The molecule has 1 fully saturated rings. The van der Waals surface area contributed by atoms with Crippen molar-refractivity contribution < 1.29 is 23.8 Å². The van der Waals surface area contributed by atoms with Crippen LogP contribution in [0.5, 0.6) is 5.75 Å². The standard InChI is InChI=1S/C31H40ClN3O5/c1-33-19-25(15-21-7-4-3-5-8-21)35-30(36)23-17-27(26-11-13-40-29(26)18-23)28(22-9-6-10-24(32)16-22)20-39-14-12-34-31(37)38-2/h6,9-10,16-18,20-21,25,33H,3-5,7-8,11-15,19H2,1-2H3,(H,34,37)(H,35,36)/b28-20-/t25-/m0/s1. The SMILES string of the molecule is CNC[C@H](CC1CCCCC1)NC(=O)c1cc2c(c(/C(=C\OCCNC(=O)OC)c3cccc(Cl)c3)c1)CCO2. The number of rotatable bonds is 12. The quantitative estimate of drug-likeness (QED) is 0.236. The second-order valence-electron chi connectivity index (χ2n) is 10.4. The molecule has 2 aromatic carbocycles. The lowest BCUT2D eigenvalue weighted by atomic mass is 9.84. The van der Waals surface area contributed by atoms with E-state index in [1.807, 2.05) is 43.4 Å². The van der Waals surface area contributed by atoms with E-state index in [1.54, 1.807) is 6.26 Å². The van der Waals surface area contributed by atoms with Crippen LogP contribution in [0.3, 0.4) is 0 Å². The Labute approximate surface area is 241 Å². The predicted octanol–water partition coefficient (Wildman–Crippen LogP) is 5.32. The summed E-state index contributed by atoms with van der Waals surface area (Å²) >= 11 is 6.35. The van der Waals surface area contributed by atoms with E-state index in [2.05, 4.69) is 20.7 Å². The van der Waals surface area contributed by atoms with E-state index in [0.717, 1.165) is 41.6 Å². The van der Waals surface area contributed by atoms with Crippen LogP contribution in [-0.2, 0) is 15.9 Å². The summed E-state index contributed by atoms with van der Waals surface area (Å²) in [6.45, 7) is 1.79. The molecular formula is C31H40ClN3O5.